The van der Waals surface area contributed by atoms with E-state index < -0.39 is 0 Å². The fraction of sp³-hybridized carbons (Fsp3) is 0.111. The topological polar surface area (TPSA) is 77.0 Å². The van der Waals surface area contributed by atoms with Gasteiger partial charge in [-0.15, -0.1) is 5.10 Å². The molecule has 1 heterocycles. The fourth-order valence-electron chi connectivity index (χ4n) is 1.22. The minimum Gasteiger partial charge on any atom is -0.506 e. The highest BCUT2D eigenvalue weighted by Crippen LogP contribution is 2.21. The van der Waals surface area contributed by atoms with Crippen LogP contribution in [-0.4, -0.2) is 20.1 Å². The maximum atomic E-state index is 9.57. The second-order valence-corrected chi connectivity index (χ2v) is 2.87. The van der Waals surface area contributed by atoms with Crippen molar-refractivity contribution in [3.63, 3.8) is 0 Å². The van der Waals surface area contributed by atoms with E-state index >= 15 is 0 Å². The number of phenols is 1. The lowest BCUT2D eigenvalue weighted by Gasteiger charge is -2.05. The predicted molar refractivity (Wildman–Crippen MR) is 50.9 cm³/mol. The van der Waals surface area contributed by atoms with Gasteiger partial charge in [-0.1, -0.05) is 11.3 Å². The SMILES string of the molecule is NCc1ccc(O)c(-n2ccnn2)c1. The molecule has 0 aliphatic carbocycles. The van der Waals surface area contributed by atoms with Gasteiger partial charge in [0.1, 0.15) is 11.4 Å². The Morgan fingerprint density at radius 3 is 2.93 bits per heavy atom. The maximum absolute atomic E-state index is 9.57. The molecule has 0 spiro atoms. The normalized spacial score (nSPS) is 10.4. The van der Waals surface area contributed by atoms with Crippen molar-refractivity contribution < 1.29 is 5.11 Å². The highest BCUT2D eigenvalue weighted by molar-refractivity contribution is 5.47. The van der Waals surface area contributed by atoms with Crippen LogP contribution < -0.4 is 5.73 Å². The zero-order chi connectivity index (χ0) is 9.97. The van der Waals surface area contributed by atoms with Crippen LogP contribution >= 0.6 is 0 Å². The van der Waals surface area contributed by atoms with E-state index in [0.717, 1.165) is 5.56 Å². The van der Waals surface area contributed by atoms with Crippen LogP contribution in [0.2, 0.25) is 0 Å². The third kappa shape index (κ3) is 1.45. The van der Waals surface area contributed by atoms with Crippen LogP contribution in [0.3, 0.4) is 0 Å². The highest BCUT2D eigenvalue weighted by Gasteiger charge is 2.04. The lowest BCUT2D eigenvalue weighted by atomic mass is 10.2. The van der Waals surface area contributed by atoms with E-state index in [2.05, 4.69) is 10.3 Å². The van der Waals surface area contributed by atoms with Crippen LogP contribution in [-0.2, 0) is 6.54 Å². The third-order valence-electron chi connectivity index (χ3n) is 1.94. The standard InChI is InChI=1S/C9H10N4O/c10-6-7-1-2-9(14)8(5-7)13-4-3-11-12-13/h1-5,14H,6,10H2. The number of benzene rings is 1. The molecule has 1 aromatic heterocycles. The van der Waals surface area contributed by atoms with Gasteiger partial charge in [-0.3, -0.25) is 0 Å². The Kier molecular flexibility index (Phi) is 2.16. The van der Waals surface area contributed by atoms with E-state index in [0.29, 0.717) is 12.2 Å². The minimum atomic E-state index is 0.160. The monoisotopic (exact) mass is 190 g/mol. The molecule has 2 rings (SSSR count). The fourth-order valence-corrected chi connectivity index (χ4v) is 1.22. The predicted octanol–water partition coefficient (Wildman–Crippen LogP) is 0.432. The molecule has 0 bridgehead atoms. The van der Waals surface area contributed by atoms with Gasteiger partial charge in [0.2, 0.25) is 0 Å². The van der Waals surface area contributed by atoms with Gasteiger partial charge in [0.15, 0.2) is 0 Å². The molecule has 0 aliphatic rings. The van der Waals surface area contributed by atoms with E-state index in [1.54, 1.807) is 30.6 Å². The second-order valence-electron chi connectivity index (χ2n) is 2.87. The van der Waals surface area contributed by atoms with Crippen LogP contribution in [0.5, 0.6) is 5.75 Å². The van der Waals surface area contributed by atoms with Crippen molar-refractivity contribution in [3.8, 4) is 11.4 Å². The smallest absolute Gasteiger partial charge is 0.141 e. The second kappa shape index (κ2) is 3.47. The average molecular weight is 190 g/mol. The zero-order valence-corrected chi connectivity index (χ0v) is 7.46. The van der Waals surface area contributed by atoms with Crippen LogP contribution in [0.15, 0.2) is 30.6 Å². The van der Waals surface area contributed by atoms with E-state index in [1.165, 1.54) is 4.68 Å². The van der Waals surface area contributed by atoms with Gasteiger partial charge >= 0.3 is 0 Å². The Labute approximate surface area is 80.8 Å². The van der Waals surface area contributed by atoms with Crippen molar-refractivity contribution >= 4 is 0 Å². The van der Waals surface area contributed by atoms with Crippen LogP contribution in [0, 0.1) is 0 Å². The summed E-state index contributed by atoms with van der Waals surface area (Å²) in [5.41, 5.74) is 7.02. The van der Waals surface area contributed by atoms with E-state index in [-0.39, 0.29) is 5.75 Å². The van der Waals surface area contributed by atoms with Gasteiger partial charge in [0, 0.05) is 6.54 Å². The summed E-state index contributed by atoms with van der Waals surface area (Å²) in [6.07, 6.45) is 3.21. The molecule has 0 radical (unpaired) electrons. The highest BCUT2D eigenvalue weighted by atomic mass is 16.3. The van der Waals surface area contributed by atoms with Crippen LogP contribution in [0.25, 0.3) is 5.69 Å². The quantitative estimate of drug-likeness (QED) is 0.720. The summed E-state index contributed by atoms with van der Waals surface area (Å²) in [6, 6.07) is 5.15. The maximum Gasteiger partial charge on any atom is 0.141 e. The summed E-state index contributed by atoms with van der Waals surface area (Å²) in [5.74, 6) is 0.160. The molecule has 1 aromatic carbocycles. The van der Waals surface area contributed by atoms with Gasteiger partial charge in [-0.25, -0.2) is 4.68 Å². The summed E-state index contributed by atoms with van der Waals surface area (Å²) in [7, 11) is 0. The number of aromatic hydroxyl groups is 1. The Bertz CT molecular complexity index is 424. The average Bonchev–Trinajstić information content (AvgIpc) is 2.71. The van der Waals surface area contributed by atoms with E-state index in [4.69, 9.17) is 5.73 Å². The molecule has 0 fully saturated rings. The third-order valence-corrected chi connectivity index (χ3v) is 1.94. The Morgan fingerprint density at radius 2 is 2.29 bits per heavy atom. The first-order valence-electron chi connectivity index (χ1n) is 4.20. The van der Waals surface area contributed by atoms with E-state index in [9.17, 15) is 5.11 Å². The van der Waals surface area contributed by atoms with E-state index in [1.807, 2.05) is 0 Å². The first-order valence-corrected chi connectivity index (χ1v) is 4.20. The molecular weight excluding hydrogens is 180 g/mol. The molecule has 72 valence electrons. The molecule has 5 heteroatoms. The summed E-state index contributed by atoms with van der Waals surface area (Å²) in [4.78, 5) is 0. The number of rotatable bonds is 2. The molecule has 0 saturated carbocycles. The van der Waals surface area contributed by atoms with Gasteiger partial charge in [0.25, 0.3) is 0 Å². The molecule has 0 amide bonds. The molecule has 0 aliphatic heterocycles. The van der Waals surface area contributed by atoms with Gasteiger partial charge in [-0.05, 0) is 17.7 Å². The zero-order valence-electron chi connectivity index (χ0n) is 7.46. The Balaban J connectivity index is 2.51. The van der Waals surface area contributed by atoms with Crippen molar-refractivity contribution in [2.75, 3.05) is 0 Å². The number of nitrogens with two attached hydrogens (primary N) is 1. The van der Waals surface area contributed by atoms with Gasteiger partial charge in [0.05, 0.1) is 12.4 Å². The van der Waals surface area contributed by atoms with Crippen molar-refractivity contribution in [2.24, 2.45) is 5.73 Å². The van der Waals surface area contributed by atoms with Crippen molar-refractivity contribution in [3.05, 3.63) is 36.2 Å². The first-order chi connectivity index (χ1) is 6.81. The van der Waals surface area contributed by atoms with Crippen molar-refractivity contribution in [1.29, 1.82) is 0 Å². The summed E-state index contributed by atoms with van der Waals surface area (Å²) < 4.78 is 1.49. The Hall–Kier alpha value is -1.88. The molecular formula is C9H10N4O. The van der Waals surface area contributed by atoms with Crippen LogP contribution in [0.4, 0.5) is 0 Å². The summed E-state index contributed by atoms with van der Waals surface area (Å²) in [5, 5.41) is 17.0. The summed E-state index contributed by atoms with van der Waals surface area (Å²) in [6.45, 7) is 0.433. The minimum absolute atomic E-state index is 0.160. The molecule has 14 heavy (non-hydrogen) atoms. The lowest BCUT2D eigenvalue weighted by molar-refractivity contribution is 0.469. The number of hydrogen-bond donors (Lipinski definition) is 2. The number of nitrogens with zero attached hydrogens (tertiary/aromatic N) is 3. The first kappa shape index (κ1) is 8.71. The van der Waals surface area contributed by atoms with Crippen molar-refractivity contribution in [1.82, 2.24) is 15.0 Å². The van der Waals surface area contributed by atoms with Gasteiger partial charge < -0.3 is 10.8 Å². The lowest BCUT2D eigenvalue weighted by Crippen LogP contribution is -2.00. The number of phenolic OH excluding ortho intramolecular Hbond substituents is 1. The summed E-state index contributed by atoms with van der Waals surface area (Å²) >= 11 is 0. The molecule has 3 N–H and O–H groups in total. The number of hydrogen-bond acceptors (Lipinski definition) is 4. The Morgan fingerprint density at radius 1 is 1.43 bits per heavy atom. The van der Waals surface area contributed by atoms with Gasteiger partial charge in [-0.2, -0.15) is 0 Å². The van der Waals surface area contributed by atoms with Crippen molar-refractivity contribution in [2.45, 2.75) is 6.54 Å². The number of aromatic nitrogens is 3. The largest absolute Gasteiger partial charge is 0.506 e. The molecule has 5 nitrogen and oxygen atoms in total. The molecule has 2 aromatic rings. The molecule has 0 unspecified atom stereocenters. The molecule has 0 atom stereocenters. The van der Waals surface area contributed by atoms with Crippen LogP contribution in [0.1, 0.15) is 5.56 Å². The molecule has 0 saturated heterocycles.